The molecule has 0 unspecified atom stereocenters. The SMILES string of the molecule is COc1ccc(CN(C)C[C@@H]2OCCCC[C@H](C)Oc3ccc(NS(=O)(=O)c4c(C)noc4C)cc3C(=O)N([C@@H](C)CO)C[C@@H]2C)cc1. The monoisotopic (exact) mass is 686 g/mol. The predicted octanol–water partition coefficient (Wildman–Crippen LogP) is 5.03. The lowest BCUT2D eigenvalue weighted by Gasteiger charge is -2.36. The second-order valence-corrected chi connectivity index (χ2v) is 14.4. The molecule has 0 fully saturated rings. The fourth-order valence-corrected chi connectivity index (χ4v) is 7.31. The maximum atomic E-state index is 14.4. The van der Waals surface area contributed by atoms with Gasteiger partial charge in [0, 0.05) is 37.8 Å². The van der Waals surface area contributed by atoms with E-state index in [4.69, 9.17) is 18.7 Å². The first-order valence-corrected chi connectivity index (χ1v) is 17.9. The molecule has 0 bridgehead atoms. The van der Waals surface area contributed by atoms with Crippen molar-refractivity contribution in [2.75, 3.05) is 45.2 Å². The molecule has 4 rings (SSSR count). The van der Waals surface area contributed by atoms with Crippen LogP contribution in [-0.4, -0.2) is 93.1 Å². The molecular weight excluding hydrogens is 636 g/mol. The molecular formula is C35H50N4O8S. The number of aliphatic hydroxyl groups excluding tert-OH is 1. The topological polar surface area (TPSA) is 144 Å². The number of amides is 1. The first-order valence-electron chi connectivity index (χ1n) is 16.4. The van der Waals surface area contributed by atoms with Crippen molar-refractivity contribution in [3.05, 3.63) is 65.0 Å². The number of hydrogen-bond acceptors (Lipinski definition) is 10. The van der Waals surface area contributed by atoms with Gasteiger partial charge in [-0.05, 0) is 89.9 Å². The zero-order valence-corrected chi connectivity index (χ0v) is 29.9. The smallest absolute Gasteiger partial charge is 0.267 e. The van der Waals surface area contributed by atoms with E-state index in [0.29, 0.717) is 32.0 Å². The molecule has 3 aromatic rings. The van der Waals surface area contributed by atoms with Crippen LogP contribution in [0.4, 0.5) is 5.69 Å². The molecule has 0 saturated carbocycles. The standard InChI is InChI=1S/C35H50N4O8S/c1-23-19-39(24(2)22-40)35(41)31-18-29(37-48(42,43)34-26(4)36-47-27(34)5)13-16-32(31)46-25(3)10-8-9-17-45-33(23)21-38(6)20-28-11-14-30(44-7)15-12-28/h11-16,18,23-25,33,37,40H,8-10,17,19-22H2,1-7H3/t23-,24-,25-,33-/m0/s1. The third-order valence-corrected chi connectivity index (χ3v) is 10.3. The first-order chi connectivity index (χ1) is 22.8. The summed E-state index contributed by atoms with van der Waals surface area (Å²) >= 11 is 0. The Morgan fingerprint density at radius 3 is 2.52 bits per heavy atom. The molecule has 13 heteroatoms. The third-order valence-electron chi connectivity index (χ3n) is 8.64. The van der Waals surface area contributed by atoms with Crippen LogP contribution >= 0.6 is 0 Å². The summed E-state index contributed by atoms with van der Waals surface area (Å²) in [5.41, 5.74) is 1.75. The lowest BCUT2D eigenvalue weighted by atomic mass is 10.0. The quantitative estimate of drug-likeness (QED) is 0.298. The number of aryl methyl sites for hydroxylation is 2. The molecule has 1 aliphatic heterocycles. The van der Waals surface area contributed by atoms with E-state index in [0.717, 1.165) is 30.6 Å². The van der Waals surface area contributed by atoms with Crippen LogP contribution in [0.1, 0.15) is 67.4 Å². The Kier molecular flexibility index (Phi) is 12.9. The number of carbonyl (C=O) groups excluding carboxylic acids is 1. The second kappa shape index (κ2) is 16.6. The van der Waals surface area contributed by atoms with Crippen LogP contribution in [-0.2, 0) is 21.3 Å². The molecule has 1 aromatic heterocycles. The number of rotatable bonds is 10. The van der Waals surface area contributed by atoms with Gasteiger partial charge in [0.2, 0.25) is 0 Å². The highest BCUT2D eigenvalue weighted by atomic mass is 32.2. The molecule has 0 saturated heterocycles. The number of nitrogens with zero attached hydrogens (tertiary/aromatic N) is 3. The minimum Gasteiger partial charge on any atom is -0.497 e. The summed E-state index contributed by atoms with van der Waals surface area (Å²) in [5, 5.41) is 14.0. The Balaban J connectivity index is 1.63. The Labute approximate surface area is 284 Å². The highest BCUT2D eigenvalue weighted by Crippen LogP contribution is 2.30. The van der Waals surface area contributed by atoms with Crippen LogP contribution in [0.5, 0.6) is 11.5 Å². The molecule has 4 atom stereocenters. The fraction of sp³-hybridized carbons (Fsp3) is 0.543. The van der Waals surface area contributed by atoms with E-state index in [1.807, 2.05) is 38.2 Å². The van der Waals surface area contributed by atoms with Gasteiger partial charge in [-0.25, -0.2) is 8.42 Å². The van der Waals surface area contributed by atoms with Crippen molar-refractivity contribution in [2.24, 2.45) is 5.92 Å². The van der Waals surface area contributed by atoms with Gasteiger partial charge in [-0.15, -0.1) is 0 Å². The van der Waals surface area contributed by atoms with E-state index >= 15 is 0 Å². The maximum absolute atomic E-state index is 14.4. The van der Waals surface area contributed by atoms with Crippen molar-refractivity contribution in [3.8, 4) is 11.5 Å². The second-order valence-electron chi connectivity index (χ2n) is 12.8. The minimum absolute atomic E-state index is 0.0499. The number of methoxy groups -OCH3 is 1. The van der Waals surface area contributed by atoms with Gasteiger partial charge in [0.1, 0.15) is 17.2 Å². The average molecular weight is 687 g/mol. The molecule has 12 nitrogen and oxygen atoms in total. The van der Waals surface area contributed by atoms with Gasteiger partial charge in [-0.3, -0.25) is 14.4 Å². The predicted molar refractivity (Wildman–Crippen MR) is 183 cm³/mol. The number of hydrogen-bond donors (Lipinski definition) is 2. The van der Waals surface area contributed by atoms with Crippen molar-refractivity contribution in [1.82, 2.24) is 15.0 Å². The third kappa shape index (κ3) is 9.49. The van der Waals surface area contributed by atoms with E-state index in [2.05, 4.69) is 21.7 Å². The molecule has 48 heavy (non-hydrogen) atoms. The molecule has 0 aliphatic carbocycles. The number of likely N-dealkylation sites (N-methyl/N-ethyl adjacent to an activating group) is 1. The molecule has 264 valence electrons. The fourth-order valence-electron chi connectivity index (χ4n) is 5.93. The van der Waals surface area contributed by atoms with Crippen molar-refractivity contribution >= 4 is 21.6 Å². The summed E-state index contributed by atoms with van der Waals surface area (Å²) in [6, 6.07) is 12.1. The van der Waals surface area contributed by atoms with E-state index in [9.17, 15) is 18.3 Å². The maximum Gasteiger partial charge on any atom is 0.267 e. The number of carbonyl (C=O) groups is 1. The number of benzene rings is 2. The van der Waals surface area contributed by atoms with Crippen molar-refractivity contribution in [3.63, 3.8) is 0 Å². The minimum atomic E-state index is -4.06. The Morgan fingerprint density at radius 2 is 1.88 bits per heavy atom. The van der Waals surface area contributed by atoms with Crippen LogP contribution in [0.3, 0.4) is 0 Å². The number of sulfonamides is 1. The van der Waals surface area contributed by atoms with Crippen LogP contribution in [0.2, 0.25) is 0 Å². The number of nitrogens with one attached hydrogen (secondary N) is 1. The molecule has 0 radical (unpaired) electrons. The first kappa shape index (κ1) is 37.2. The number of aromatic nitrogens is 1. The van der Waals surface area contributed by atoms with Crippen LogP contribution < -0.4 is 14.2 Å². The summed E-state index contributed by atoms with van der Waals surface area (Å²) in [6.07, 6.45) is 2.06. The number of fused-ring (bicyclic) bond motifs is 1. The molecule has 2 N–H and O–H groups in total. The summed E-state index contributed by atoms with van der Waals surface area (Å²) < 4.78 is 52.3. The molecule has 1 amide bonds. The van der Waals surface area contributed by atoms with Gasteiger partial charge in [0.05, 0.1) is 37.5 Å². The van der Waals surface area contributed by atoms with Crippen molar-refractivity contribution in [2.45, 2.75) is 83.6 Å². The molecule has 1 aliphatic rings. The van der Waals surface area contributed by atoms with E-state index in [1.165, 1.54) is 13.0 Å². The van der Waals surface area contributed by atoms with Crippen molar-refractivity contribution in [1.29, 1.82) is 0 Å². The van der Waals surface area contributed by atoms with E-state index in [-0.39, 0.29) is 58.2 Å². The molecule has 0 spiro atoms. The van der Waals surface area contributed by atoms with Gasteiger partial charge in [0.15, 0.2) is 10.7 Å². The van der Waals surface area contributed by atoms with Gasteiger partial charge < -0.3 is 28.7 Å². The average Bonchev–Trinajstić information content (AvgIpc) is 3.40. The summed E-state index contributed by atoms with van der Waals surface area (Å²) in [6.45, 7) is 10.8. The lowest BCUT2D eigenvalue weighted by molar-refractivity contribution is -0.0177. The van der Waals surface area contributed by atoms with Crippen LogP contribution in [0, 0.1) is 19.8 Å². The summed E-state index contributed by atoms with van der Waals surface area (Å²) in [5.74, 6) is 0.827. The number of anilines is 1. The number of ether oxygens (including phenoxy) is 3. The zero-order chi connectivity index (χ0) is 35.0. The normalized spacial score (nSPS) is 20.5. The lowest BCUT2D eigenvalue weighted by Crippen LogP contribution is -2.47. The van der Waals surface area contributed by atoms with Gasteiger partial charge in [-0.1, -0.05) is 24.2 Å². The summed E-state index contributed by atoms with van der Waals surface area (Å²) in [7, 11) is -0.369. The van der Waals surface area contributed by atoms with Crippen LogP contribution in [0.25, 0.3) is 0 Å². The van der Waals surface area contributed by atoms with Gasteiger partial charge >= 0.3 is 0 Å². The largest absolute Gasteiger partial charge is 0.497 e. The highest BCUT2D eigenvalue weighted by Gasteiger charge is 2.31. The van der Waals surface area contributed by atoms with E-state index in [1.54, 1.807) is 38.0 Å². The molecule has 2 aromatic carbocycles. The summed E-state index contributed by atoms with van der Waals surface area (Å²) in [4.78, 5) is 18.2. The highest BCUT2D eigenvalue weighted by molar-refractivity contribution is 7.92. The Morgan fingerprint density at radius 1 is 1.15 bits per heavy atom. The van der Waals surface area contributed by atoms with E-state index < -0.39 is 16.1 Å². The zero-order valence-electron chi connectivity index (χ0n) is 29.1. The van der Waals surface area contributed by atoms with Gasteiger partial charge in [-0.2, -0.15) is 0 Å². The Bertz CT molecular complexity index is 1590. The Hall–Kier alpha value is -3.65. The van der Waals surface area contributed by atoms with Crippen molar-refractivity contribution < 1.29 is 37.1 Å². The number of aliphatic hydroxyl groups is 1. The van der Waals surface area contributed by atoms with Crippen LogP contribution in [0.15, 0.2) is 51.9 Å². The van der Waals surface area contributed by atoms with Gasteiger partial charge in [0.25, 0.3) is 15.9 Å². The molecule has 2 heterocycles.